The molecular formula is C32H44N4O5. The summed E-state index contributed by atoms with van der Waals surface area (Å²) in [6.45, 7) is -0.266. The minimum Gasteiger partial charge on any atom is -0.481 e. The molecule has 6 rings (SSSR count). The summed E-state index contributed by atoms with van der Waals surface area (Å²) in [4.78, 5) is 38.4. The second kappa shape index (κ2) is 12.6. The number of aromatic nitrogens is 2. The van der Waals surface area contributed by atoms with Crippen LogP contribution in [0.3, 0.4) is 0 Å². The van der Waals surface area contributed by atoms with Crippen LogP contribution in [0.15, 0.2) is 34.2 Å². The van der Waals surface area contributed by atoms with E-state index in [9.17, 15) is 14.7 Å². The molecule has 2 aromatic rings. The molecule has 4 bridgehead atoms. The van der Waals surface area contributed by atoms with E-state index < -0.39 is 5.97 Å². The van der Waals surface area contributed by atoms with Gasteiger partial charge in [0.05, 0.1) is 24.1 Å². The van der Waals surface area contributed by atoms with Gasteiger partial charge in [-0.05, 0) is 68.9 Å². The Morgan fingerprint density at radius 3 is 2.29 bits per heavy atom. The Labute approximate surface area is 241 Å². The number of aliphatic hydroxyl groups excluding tert-OH is 1. The van der Waals surface area contributed by atoms with Crippen molar-refractivity contribution >= 4 is 22.7 Å². The molecule has 3 heterocycles. The first-order valence-electron chi connectivity index (χ1n) is 15.8. The number of rotatable bonds is 9. The average Bonchev–Trinajstić information content (AvgIpc) is 3.13. The molecule has 2 aliphatic carbocycles. The zero-order valence-corrected chi connectivity index (χ0v) is 24.0. The Morgan fingerprint density at radius 1 is 0.902 bits per heavy atom. The molecule has 2 N–H and O–H groups in total. The molecule has 41 heavy (non-hydrogen) atoms. The number of oxime groups is 1. The lowest BCUT2D eigenvalue weighted by Gasteiger charge is -2.54. The van der Waals surface area contributed by atoms with Crippen molar-refractivity contribution in [3.8, 4) is 0 Å². The fraction of sp³-hybridized carbons (Fsp3) is 0.688. The highest BCUT2D eigenvalue weighted by Crippen LogP contribution is 2.47. The molecule has 2 saturated carbocycles. The van der Waals surface area contributed by atoms with Gasteiger partial charge in [-0.25, -0.2) is 4.98 Å². The number of piperidine rings is 2. The molecule has 1 aromatic carbocycles. The first-order valence-corrected chi connectivity index (χ1v) is 15.8. The summed E-state index contributed by atoms with van der Waals surface area (Å²) in [5, 5.41) is 22.6. The van der Waals surface area contributed by atoms with Gasteiger partial charge in [-0.2, -0.15) is 0 Å². The standard InChI is InChI=1S/C32H44N4O5/c37-14-15-41-34-28(12-13-30(38)39)31-32(40)36(29-11-4-3-10-27(29)33-31)26-19-23-8-5-9-24(20-26)35(23)25-17-21-6-1-2-7-22(16-21)18-25/h3-4,10-11,21-26,37H,1-2,5-9,12-20H2,(H,38,39)/b34-28+. The molecule has 0 radical (unpaired) electrons. The first-order chi connectivity index (χ1) is 20.0. The third-order valence-corrected chi connectivity index (χ3v) is 10.1. The van der Waals surface area contributed by atoms with Crippen LogP contribution in [0.2, 0.25) is 0 Å². The highest BCUT2D eigenvalue weighted by molar-refractivity contribution is 6.00. The Bertz CT molecular complexity index is 1300. The van der Waals surface area contributed by atoms with Crippen LogP contribution in [-0.2, 0) is 9.63 Å². The van der Waals surface area contributed by atoms with Gasteiger partial charge in [0.2, 0.25) is 0 Å². The Morgan fingerprint density at radius 2 is 1.61 bits per heavy atom. The number of carboxylic acid groups (broad SMARTS) is 1. The summed E-state index contributed by atoms with van der Waals surface area (Å²) < 4.78 is 1.93. The number of hydrogen-bond donors (Lipinski definition) is 2. The third kappa shape index (κ3) is 6.07. The van der Waals surface area contributed by atoms with E-state index in [1.165, 1.54) is 64.2 Å². The van der Waals surface area contributed by atoms with Crippen LogP contribution in [-0.4, -0.2) is 67.7 Å². The molecule has 2 aliphatic heterocycles. The van der Waals surface area contributed by atoms with Gasteiger partial charge >= 0.3 is 5.97 Å². The predicted octanol–water partition coefficient (Wildman–Crippen LogP) is 4.89. The maximum Gasteiger partial charge on any atom is 0.303 e. The van der Waals surface area contributed by atoms with Crippen LogP contribution >= 0.6 is 0 Å². The molecule has 0 amide bonds. The van der Waals surface area contributed by atoms with Gasteiger partial charge in [0.1, 0.15) is 12.3 Å². The van der Waals surface area contributed by atoms with Crippen LogP contribution in [0.25, 0.3) is 11.0 Å². The highest BCUT2D eigenvalue weighted by atomic mass is 16.6. The number of para-hydroxylation sites is 2. The molecule has 4 unspecified atom stereocenters. The van der Waals surface area contributed by atoms with Crippen LogP contribution in [0.5, 0.6) is 0 Å². The number of aliphatic hydroxyl groups is 1. The van der Waals surface area contributed by atoms with Crippen molar-refractivity contribution in [2.24, 2.45) is 17.0 Å². The van der Waals surface area contributed by atoms with Crippen LogP contribution < -0.4 is 5.56 Å². The number of nitrogens with zero attached hydrogens (tertiary/aromatic N) is 4. The van der Waals surface area contributed by atoms with Crippen molar-refractivity contribution in [2.75, 3.05) is 13.2 Å². The number of fused-ring (bicyclic) bond motifs is 5. The van der Waals surface area contributed by atoms with Gasteiger partial charge < -0.3 is 19.6 Å². The van der Waals surface area contributed by atoms with Crippen LogP contribution in [0.1, 0.15) is 102 Å². The lowest BCUT2D eigenvalue weighted by molar-refractivity contribution is -0.136. The smallest absolute Gasteiger partial charge is 0.303 e. The fourth-order valence-corrected chi connectivity index (χ4v) is 8.61. The molecule has 4 aliphatic rings. The second-order valence-corrected chi connectivity index (χ2v) is 12.8. The number of aliphatic carboxylic acids is 1. The average molecular weight is 565 g/mol. The van der Waals surface area contributed by atoms with E-state index in [-0.39, 0.29) is 49.1 Å². The zero-order chi connectivity index (χ0) is 28.3. The van der Waals surface area contributed by atoms with Crippen molar-refractivity contribution in [2.45, 2.75) is 114 Å². The van der Waals surface area contributed by atoms with E-state index in [1.54, 1.807) is 0 Å². The summed E-state index contributed by atoms with van der Waals surface area (Å²) in [7, 11) is 0. The lowest BCUT2D eigenvalue weighted by atomic mass is 9.73. The number of carboxylic acids is 1. The maximum absolute atomic E-state index is 14.2. The van der Waals surface area contributed by atoms with E-state index in [0.717, 1.165) is 30.2 Å². The third-order valence-electron chi connectivity index (χ3n) is 10.1. The molecule has 4 fully saturated rings. The fourth-order valence-electron chi connectivity index (χ4n) is 8.61. The van der Waals surface area contributed by atoms with Crippen LogP contribution in [0.4, 0.5) is 0 Å². The largest absolute Gasteiger partial charge is 0.481 e. The first kappa shape index (κ1) is 28.3. The maximum atomic E-state index is 14.2. The molecule has 222 valence electrons. The number of hydrogen-bond acceptors (Lipinski definition) is 7. The zero-order valence-electron chi connectivity index (χ0n) is 24.0. The van der Waals surface area contributed by atoms with Gasteiger partial charge in [-0.15, -0.1) is 0 Å². The Balaban J connectivity index is 1.34. The second-order valence-electron chi connectivity index (χ2n) is 12.8. The van der Waals surface area contributed by atoms with Gasteiger partial charge in [0.25, 0.3) is 5.56 Å². The summed E-state index contributed by atoms with van der Waals surface area (Å²) in [5.41, 5.74) is 1.63. The quantitative estimate of drug-likeness (QED) is 0.253. The van der Waals surface area contributed by atoms with Crippen molar-refractivity contribution < 1.29 is 19.8 Å². The molecule has 1 aromatic heterocycles. The predicted molar refractivity (Wildman–Crippen MR) is 157 cm³/mol. The normalized spacial score (nSPS) is 30.6. The molecule has 0 spiro atoms. The van der Waals surface area contributed by atoms with Crippen molar-refractivity contribution in [3.63, 3.8) is 0 Å². The lowest BCUT2D eigenvalue weighted by Crippen LogP contribution is -2.58. The molecular weight excluding hydrogens is 520 g/mol. The summed E-state index contributed by atoms with van der Waals surface area (Å²) in [6.07, 6.45) is 15.0. The highest BCUT2D eigenvalue weighted by Gasteiger charge is 2.45. The van der Waals surface area contributed by atoms with E-state index in [2.05, 4.69) is 15.0 Å². The van der Waals surface area contributed by atoms with E-state index in [1.807, 2.05) is 28.8 Å². The summed E-state index contributed by atoms with van der Waals surface area (Å²) in [5.74, 6) is 0.778. The van der Waals surface area contributed by atoms with Crippen molar-refractivity contribution in [1.82, 2.24) is 14.5 Å². The van der Waals surface area contributed by atoms with Gasteiger partial charge in [0, 0.05) is 30.6 Å². The number of benzene rings is 1. The van der Waals surface area contributed by atoms with Crippen LogP contribution in [0, 0.1) is 11.8 Å². The molecule has 9 nitrogen and oxygen atoms in total. The summed E-state index contributed by atoms with van der Waals surface area (Å²) >= 11 is 0. The minimum absolute atomic E-state index is 0.0229. The van der Waals surface area contributed by atoms with Gasteiger partial charge in [-0.3, -0.25) is 14.5 Å². The van der Waals surface area contributed by atoms with E-state index >= 15 is 0 Å². The van der Waals surface area contributed by atoms with Crippen molar-refractivity contribution in [3.05, 3.63) is 40.3 Å². The molecule has 2 saturated heterocycles. The minimum atomic E-state index is -0.983. The number of carbonyl (C=O) groups is 1. The van der Waals surface area contributed by atoms with E-state index in [0.29, 0.717) is 23.6 Å². The molecule has 9 heteroatoms. The molecule has 4 atom stereocenters. The Kier molecular flexibility index (Phi) is 8.72. The van der Waals surface area contributed by atoms with Gasteiger partial charge in [0.15, 0.2) is 5.69 Å². The van der Waals surface area contributed by atoms with Crippen molar-refractivity contribution in [1.29, 1.82) is 0 Å². The van der Waals surface area contributed by atoms with E-state index in [4.69, 9.17) is 9.94 Å². The topological polar surface area (TPSA) is 117 Å². The summed E-state index contributed by atoms with van der Waals surface area (Å²) in [6, 6.07) is 9.41. The van der Waals surface area contributed by atoms with Gasteiger partial charge in [-0.1, -0.05) is 49.4 Å². The SMILES string of the molecule is O=C(O)CC/C(=N\OCCO)c1nc2ccccc2n(C2CC3CCCC(C2)N3C2CC3CCCCC(C3)C2)c1=O. The Hall–Kier alpha value is -2.78. The monoisotopic (exact) mass is 564 g/mol.